The summed E-state index contributed by atoms with van der Waals surface area (Å²) in [5.41, 5.74) is 0.902. The summed E-state index contributed by atoms with van der Waals surface area (Å²) in [6.07, 6.45) is 2.30. The van der Waals surface area contributed by atoms with Crippen LogP contribution in [0.5, 0.6) is 0 Å². The summed E-state index contributed by atoms with van der Waals surface area (Å²) in [6.45, 7) is -0.395. The first-order valence-electron chi connectivity index (χ1n) is 8.27. The van der Waals surface area contributed by atoms with E-state index in [1.165, 1.54) is 0 Å². The predicted octanol–water partition coefficient (Wildman–Crippen LogP) is 3.82. The van der Waals surface area contributed by atoms with Gasteiger partial charge in [-0.2, -0.15) is 5.26 Å². The lowest BCUT2D eigenvalue weighted by molar-refractivity contribution is -0.156. The molecule has 26 heavy (non-hydrogen) atoms. The van der Waals surface area contributed by atoms with Crippen molar-refractivity contribution in [1.82, 2.24) is 0 Å². The Hall–Kier alpha value is -2.84. The fourth-order valence-electron chi connectivity index (χ4n) is 3.06. The molecule has 0 aromatic heterocycles. The topological polar surface area (TPSA) is 79.2 Å². The van der Waals surface area contributed by atoms with Gasteiger partial charge in [-0.25, -0.2) is 0 Å². The number of hydrogen-bond acceptors (Lipinski definition) is 4. The zero-order valence-corrected chi connectivity index (χ0v) is 14.8. The maximum atomic E-state index is 12.6. The summed E-state index contributed by atoms with van der Waals surface area (Å²) in [4.78, 5) is 24.7. The van der Waals surface area contributed by atoms with E-state index in [0.29, 0.717) is 29.1 Å². The van der Waals surface area contributed by atoms with Gasteiger partial charge >= 0.3 is 5.97 Å². The van der Waals surface area contributed by atoms with E-state index >= 15 is 0 Å². The van der Waals surface area contributed by atoms with Gasteiger partial charge in [-0.1, -0.05) is 42.3 Å². The number of nitrogens with zero attached hydrogens (tertiary/aromatic N) is 1. The average molecular weight is 369 g/mol. The lowest BCUT2D eigenvalue weighted by atomic mass is 9.64. The molecule has 0 unspecified atom stereocenters. The smallest absolute Gasteiger partial charge is 0.317 e. The van der Waals surface area contributed by atoms with Crippen LogP contribution in [0.15, 0.2) is 48.5 Å². The SMILES string of the molecule is N#Cc1ccccc1NC(=O)COC(=O)C1(c2ccc(Cl)cc2)CCC1. The van der Waals surface area contributed by atoms with Crippen LogP contribution >= 0.6 is 11.6 Å². The lowest BCUT2D eigenvalue weighted by Gasteiger charge is -2.39. The Balaban J connectivity index is 1.63. The molecule has 0 aliphatic heterocycles. The molecule has 1 N–H and O–H groups in total. The zero-order valence-electron chi connectivity index (χ0n) is 14.0. The van der Waals surface area contributed by atoms with E-state index < -0.39 is 23.9 Å². The molecule has 2 aromatic rings. The number of amides is 1. The minimum absolute atomic E-state index is 0.351. The number of ether oxygens (including phenoxy) is 1. The third kappa shape index (κ3) is 3.56. The van der Waals surface area contributed by atoms with E-state index in [-0.39, 0.29) is 0 Å². The van der Waals surface area contributed by atoms with Gasteiger partial charge in [0.1, 0.15) is 6.07 Å². The van der Waals surface area contributed by atoms with E-state index in [4.69, 9.17) is 21.6 Å². The van der Waals surface area contributed by atoms with E-state index in [1.807, 2.05) is 18.2 Å². The van der Waals surface area contributed by atoms with Gasteiger partial charge in [0.2, 0.25) is 0 Å². The molecule has 0 atom stereocenters. The molecule has 1 aliphatic rings. The number of carbonyl (C=O) groups excluding carboxylic acids is 2. The Labute approximate surface area is 156 Å². The molecule has 0 heterocycles. The minimum atomic E-state index is -0.699. The van der Waals surface area contributed by atoms with Crippen LogP contribution in [-0.4, -0.2) is 18.5 Å². The van der Waals surface area contributed by atoms with Gasteiger partial charge in [0.15, 0.2) is 6.61 Å². The molecule has 1 aliphatic carbocycles. The molecule has 1 amide bonds. The fraction of sp³-hybridized carbons (Fsp3) is 0.250. The van der Waals surface area contributed by atoms with Gasteiger partial charge in [0, 0.05) is 5.02 Å². The van der Waals surface area contributed by atoms with Crippen LogP contribution < -0.4 is 5.32 Å². The number of para-hydroxylation sites is 1. The van der Waals surface area contributed by atoms with E-state index in [1.54, 1.807) is 36.4 Å². The van der Waals surface area contributed by atoms with Crippen molar-refractivity contribution >= 4 is 29.2 Å². The number of carbonyl (C=O) groups is 2. The highest BCUT2D eigenvalue weighted by Crippen LogP contribution is 2.45. The van der Waals surface area contributed by atoms with Crippen molar-refractivity contribution < 1.29 is 14.3 Å². The second-order valence-electron chi connectivity index (χ2n) is 6.22. The highest BCUT2D eigenvalue weighted by atomic mass is 35.5. The summed E-state index contributed by atoms with van der Waals surface area (Å²) in [5, 5.41) is 12.2. The van der Waals surface area contributed by atoms with Crippen molar-refractivity contribution in [2.45, 2.75) is 24.7 Å². The van der Waals surface area contributed by atoms with Crippen LogP contribution in [0.3, 0.4) is 0 Å². The number of benzene rings is 2. The molecule has 3 rings (SSSR count). The first kappa shape index (κ1) is 18.0. The molecule has 0 radical (unpaired) electrons. The van der Waals surface area contributed by atoms with E-state index in [0.717, 1.165) is 12.0 Å². The molecular formula is C20H17ClN2O3. The van der Waals surface area contributed by atoms with Crippen molar-refractivity contribution in [2.24, 2.45) is 0 Å². The number of hydrogen-bond donors (Lipinski definition) is 1. The standard InChI is InChI=1S/C20H17ClN2O3/c21-16-8-6-15(7-9-16)20(10-3-11-20)19(25)26-13-18(24)23-17-5-2-1-4-14(17)12-22/h1-2,4-9H,3,10-11,13H2,(H,23,24). The van der Waals surface area contributed by atoms with Gasteiger partial charge in [-0.3, -0.25) is 9.59 Å². The fourth-order valence-corrected chi connectivity index (χ4v) is 3.18. The first-order valence-corrected chi connectivity index (χ1v) is 8.65. The summed E-state index contributed by atoms with van der Waals surface area (Å²) in [7, 11) is 0. The third-order valence-corrected chi connectivity index (χ3v) is 4.90. The number of nitrogens with one attached hydrogen (secondary N) is 1. The van der Waals surface area contributed by atoms with Crippen LogP contribution in [0.4, 0.5) is 5.69 Å². The van der Waals surface area contributed by atoms with Crippen molar-refractivity contribution in [3.8, 4) is 6.07 Å². The highest BCUT2D eigenvalue weighted by Gasteiger charge is 2.47. The molecule has 5 nitrogen and oxygen atoms in total. The third-order valence-electron chi connectivity index (χ3n) is 4.65. The molecule has 0 saturated heterocycles. The van der Waals surface area contributed by atoms with Gasteiger partial charge in [0.25, 0.3) is 5.91 Å². The minimum Gasteiger partial charge on any atom is -0.455 e. The number of anilines is 1. The van der Waals surface area contributed by atoms with Crippen molar-refractivity contribution in [2.75, 3.05) is 11.9 Å². The van der Waals surface area contributed by atoms with Crippen LogP contribution in [0.2, 0.25) is 5.02 Å². The Kier molecular flexibility index (Phi) is 5.24. The Morgan fingerprint density at radius 1 is 1.15 bits per heavy atom. The lowest BCUT2D eigenvalue weighted by Crippen LogP contribution is -2.44. The highest BCUT2D eigenvalue weighted by molar-refractivity contribution is 6.30. The number of halogens is 1. The van der Waals surface area contributed by atoms with Gasteiger partial charge in [0.05, 0.1) is 16.7 Å². The molecule has 0 spiro atoms. The largest absolute Gasteiger partial charge is 0.455 e. The number of nitriles is 1. The second kappa shape index (κ2) is 7.59. The van der Waals surface area contributed by atoms with Crippen LogP contribution in [0.1, 0.15) is 30.4 Å². The monoisotopic (exact) mass is 368 g/mol. The normalized spacial score (nSPS) is 14.6. The molecule has 0 bridgehead atoms. The Morgan fingerprint density at radius 3 is 2.46 bits per heavy atom. The summed E-state index contributed by atoms with van der Waals surface area (Å²) in [6, 6.07) is 15.8. The molecule has 1 saturated carbocycles. The molecule has 6 heteroatoms. The van der Waals surface area contributed by atoms with Crippen LogP contribution in [0.25, 0.3) is 0 Å². The number of rotatable bonds is 5. The summed E-state index contributed by atoms with van der Waals surface area (Å²) < 4.78 is 5.27. The van der Waals surface area contributed by atoms with Crippen molar-refractivity contribution in [3.63, 3.8) is 0 Å². The van der Waals surface area contributed by atoms with Gasteiger partial charge < -0.3 is 10.1 Å². The van der Waals surface area contributed by atoms with Crippen LogP contribution in [0, 0.1) is 11.3 Å². The summed E-state index contributed by atoms with van der Waals surface area (Å²) >= 11 is 5.91. The van der Waals surface area contributed by atoms with Gasteiger partial charge in [-0.15, -0.1) is 0 Å². The first-order chi connectivity index (χ1) is 12.5. The molecule has 132 valence electrons. The Bertz CT molecular complexity index is 867. The molecular weight excluding hydrogens is 352 g/mol. The molecule has 1 fully saturated rings. The Morgan fingerprint density at radius 2 is 1.85 bits per heavy atom. The maximum Gasteiger partial charge on any atom is 0.317 e. The zero-order chi connectivity index (χ0) is 18.6. The number of esters is 1. The maximum absolute atomic E-state index is 12.6. The quantitative estimate of drug-likeness (QED) is 0.814. The average Bonchev–Trinajstić information content (AvgIpc) is 2.61. The van der Waals surface area contributed by atoms with Crippen molar-refractivity contribution in [1.29, 1.82) is 5.26 Å². The van der Waals surface area contributed by atoms with Gasteiger partial charge in [-0.05, 0) is 42.7 Å². The summed E-state index contributed by atoms with van der Waals surface area (Å²) in [5.74, 6) is -0.888. The second-order valence-corrected chi connectivity index (χ2v) is 6.66. The molecule has 2 aromatic carbocycles. The van der Waals surface area contributed by atoms with Crippen LogP contribution in [-0.2, 0) is 19.7 Å². The van der Waals surface area contributed by atoms with E-state index in [2.05, 4.69) is 5.32 Å². The van der Waals surface area contributed by atoms with Crippen molar-refractivity contribution in [3.05, 3.63) is 64.7 Å². The predicted molar refractivity (Wildman–Crippen MR) is 97.7 cm³/mol. The van der Waals surface area contributed by atoms with E-state index in [9.17, 15) is 9.59 Å².